The van der Waals surface area contributed by atoms with E-state index in [1.54, 1.807) is 35.6 Å². The number of nitrogens with one attached hydrogen (secondary N) is 2. The summed E-state index contributed by atoms with van der Waals surface area (Å²) >= 11 is 5.81. The van der Waals surface area contributed by atoms with Crippen LogP contribution in [0.5, 0.6) is 0 Å². The van der Waals surface area contributed by atoms with Gasteiger partial charge in [-0.25, -0.2) is 4.98 Å². The second-order valence-electron chi connectivity index (χ2n) is 12.2. The molecule has 0 spiro atoms. The van der Waals surface area contributed by atoms with Crippen LogP contribution in [0.1, 0.15) is 59.3 Å². The van der Waals surface area contributed by atoms with Gasteiger partial charge in [0.25, 0.3) is 0 Å². The number of thiocarbonyl (C=S) groups is 1. The van der Waals surface area contributed by atoms with Gasteiger partial charge in [0.05, 0.1) is 29.9 Å². The van der Waals surface area contributed by atoms with E-state index in [9.17, 15) is 18.0 Å². The lowest BCUT2D eigenvalue weighted by Crippen LogP contribution is -2.48. The fourth-order valence-electron chi connectivity index (χ4n) is 5.48. The Hall–Kier alpha value is -4.69. The maximum atomic E-state index is 14.0. The van der Waals surface area contributed by atoms with Gasteiger partial charge in [-0.15, -0.1) is 0 Å². The van der Waals surface area contributed by atoms with Crippen molar-refractivity contribution in [3.05, 3.63) is 118 Å². The van der Waals surface area contributed by atoms with Crippen LogP contribution in [0.25, 0.3) is 0 Å². The minimum atomic E-state index is -4.53. The smallest absolute Gasteiger partial charge is 0.351 e. The lowest BCUT2D eigenvalue weighted by atomic mass is 10.0. The summed E-state index contributed by atoms with van der Waals surface area (Å²) in [7, 11) is 0. The summed E-state index contributed by atoms with van der Waals surface area (Å²) in [5.74, 6) is -0.0477. The molecule has 246 valence electrons. The first kappa shape index (κ1) is 35.2. The van der Waals surface area contributed by atoms with Gasteiger partial charge in [0.1, 0.15) is 0 Å². The first-order valence-corrected chi connectivity index (χ1v) is 15.8. The van der Waals surface area contributed by atoms with Crippen LogP contribution in [0.2, 0.25) is 0 Å². The van der Waals surface area contributed by atoms with E-state index in [1.807, 2.05) is 62.6 Å². The number of amides is 1. The van der Waals surface area contributed by atoms with Gasteiger partial charge in [0.2, 0.25) is 5.91 Å². The largest absolute Gasteiger partial charge is 0.416 e. The van der Waals surface area contributed by atoms with E-state index in [-0.39, 0.29) is 42.0 Å². The minimum Gasteiger partial charge on any atom is -0.351 e. The molecule has 4 rings (SSSR count). The topological polar surface area (TPSA) is 86.0 Å². The Morgan fingerprint density at radius 2 is 1.81 bits per heavy atom. The standard InChI is InChI=1S/C36H39F3N6OS/c1-24(2)15-30(42-34(46)17-31-19-41-23-45(31)20-28-12-10-27(18-40)11-13-28)22-44(21-29-7-5-6-8-32(29)36(37,38)39)35(47)43-33-14-9-25(3)16-26(33)4/h5-14,16,19,23-24,30H,15,17,20-22H2,1-4H3,(H,42,46)(H,43,47)/t30-/m0/s1. The first-order valence-electron chi connectivity index (χ1n) is 15.4. The van der Waals surface area contributed by atoms with E-state index in [4.69, 9.17) is 17.5 Å². The highest BCUT2D eigenvalue weighted by Crippen LogP contribution is 2.32. The second kappa shape index (κ2) is 15.7. The van der Waals surface area contributed by atoms with Crippen LogP contribution < -0.4 is 10.6 Å². The monoisotopic (exact) mass is 660 g/mol. The average Bonchev–Trinajstić information content (AvgIpc) is 3.43. The highest BCUT2D eigenvalue weighted by molar-refractivity contribution is 7.80. The molecule has 0 fully saturated rings. The summed E-state index contributed by atoms with van der Waals surface area (Å²) in [5.41, 5.74) is 4.38. The fourth-order valence-corrected chi connectivity index (χ4v) is 5.73. The molecule has 11 heteroatoms. The molecule has 1 aromatic heterocycles. The molecular formula is C36H39F3N6OS. The molecule has 0 unspecified atom stereocenters. The molecule has 0 aliphatic carbocycles. The third-order valence-corrected chi connectivity index (χ3v) is 8.09. The number of hydrogen-bond donors (Lipinski definition) is 2. The Labute approximate surface area is 279 Å². The lowest BCUT2D eigenvalue weighted by Gasteiger charge is -2.32. The van der Waals surface area contributed by atoms with Crippen LogP contribution in [0.15, 0.2) is 79.3 Å². The van der Waals surface area contributed by atoms with Gasteiger partial charge in [-0.2, -0.15) is 18.4 Å². The van der Waals surface area contributed by atoms with Crippen LogP contribution in [0.4, 0.5) is 18.9 Å². The van der Waals surface area contributed by atoms with E-state index in [2.05, 4.69) is 21.7 Å². The van der Waals surface area contributed by atoms with E-state index in [0.29, 0.717) is 24.2 Å². The highest BCUT2D eigenvalue weighted by Gasteiger charge is 2.34. The quantitative estimate of drug-likeness (QED) is 0.154. The number of rotatable bonds is 12. The van der Waals surface area contributed by atoms with Crippen LogP contribution in [-0.2, 0) is 30.5 Å². The number of hydrogen-bond acceptors (Lipinski definition) is 4. The fraction of sp³-hybridized carbons (Fsp3) is 0.333. The number of nitriles is 1. The maximum Gasteiger partial charge on any atom is 0.416 e. The van der Waals surface area contributed by atoms with Crippen molar-refractivity contribution in [3.63, 3.8) is 0 Å². The zero-order valence-corrected chi connectivity index (χ0v) is 27.8. The van der Waals surface area contributed by atoms with Gasteiger partial charge in [-0.1, -0.05) is 61.9 Å². The van der Waals surface area contributed by atoms with Crippen molar-refractivity contribution in [2.75, 3.05) is 11.9 Å². The molecule has 7 nitrogen and oxygen atoms in total. The number of carbonyl (C=O) groups is 1. The summed E-state index contributed by atoms with van der Waals surface area (Å²) in [6.45, 7) is 8.55. The average molecular weight is 661 g/mol. The summed E-state index contributed by atoms with van der Waals surface area (Å²) < 4.78 is 43.8. The number of benzene rings is 3. The zero-order chi connectivity index (χ0) is 34.1. The number of nitrogens with zero attached hydrogens (tertiary/aromatic N) is 4. The van der Waals surface area contributed by atoms with Crippen LogP contribution in [0, 0.1) is 31.1 Å². The number of anilines is 1. The molecule has 2 N–H and O–H groups in total. The van der Waals surface area contributed by atoms with Crippen molar-refractivity contribution < 1.29 is 18.0 Å². The Balaban J connectivity index is 1.55. The number of carbonyl (C=O) groups excluding carboxylic acids is 1. The first-order chi connectivity index (χ1) is 22.3. The number of halogens is 3. The zero-order valence-electron chi connectivity index (χ0n) is 26.9. The molecule has 0 saturated carbocycles. The number of imidazole rings is 1. The Kier molecular flexibility index (Phi) is 11.8. The van der Waals surface area contributed by atoms with Crippen LogP contribution in [0.3, 0.4) is 0 Å². The van der Waals surface area contributed by atoms with Crippen molar-refractivity contribution in [1.29, 1.82) is 5.26 Å². The summed E-state index contributed by atoms with van der Waals surface area (Å²) in [5, 5.41) is 15.7. The van der Waals surface area contributed by atoms with Gasteiger partial charge >= 0.3 is 6.18 Å². The number of alkyl halides is 3. The Bertz CT molecular complexity index is 1730. The molecule has 0 saturated heterocycles. The van der Waals surface area contributed by atoms with Crippen LogP contribution >= 0.6 is 12.2 Å². The second-order valence-corrected chi connectivity index (χ2v) is 12.6. The summed E-state index contributed by atoms with van der Waals surface area (Å²) in [6, 6.07) is 20.2. The molecule has 0 aliphatic heterocycles. The summed E-state index contributed by atoms with van der Waals surface area (Å²) in [4.78, 5) is 19.4. The van der Waals surface area contributed by atoms with Crippen molar-refractivity contribution in [3.8, 4) is 6.07 Å². The molecule has 0 radical (unpaired) electrons. The number of aromatic nitrogens is 2. The van der Waals surface area contributed by atoms with Crippen molar-refractivity contribution in [1.82, 2.24) is 19.8 Å². The predicted octanol–water partition coefficient (Wildman–Crippen LogP) is 7.41. The van der Waals surface area contributed by atoms with Crippen molar-refractivity contribution in [2.24, 2.45) is 5.92 Å². The van der Waals surface area contributed by atoms with Gasteiger partial charge in [-0.05, 0) is 79.4 Å². The normalized spacial score (nSPS) is 12.0. The minimum absolute atomic E-state index is 0.0625. The van der Waals surface area contributed by atoms with E-state index >= 15 is 0 Å². The van der Waals surface area contributed by atoms with Crippen molar-refractivity contribution >= 4 is 28.9 Å². The summed E-state index contributed by atoms with van der Waals surface area (Å²) in [6.07, 6.45) is -0.586. The molecule has 3 aromatic carbocycles. The Morgan fingerprint density at radius 3 is 2.47 bits per heavy atom. The Morgan fingerprint density at radius 1 is 1.09 bits per heavy atom. The third kappa shape index (κ3) is 10.1. The van der Waals surface area contributed by atoms with Gasteiger partial charge < -0.3 is 20.1 Å². The third-order valence-electron chi connectivity index (χ3n) is 7.73. The van der Waals surface area contributed by atoms with Gasteiger partial charge in [0.15, 0.2) is 5.11 Å². The predicted molar refractivity (Wildman–Crippen MR) is 182 cm³/mol. The molecule has 1 atom stereocenters. The van der Waals surface area contributed by atoms with Gasteiger partial charge in [-0.3, -0.25) is 4.79 Å². The number of aryl methyl sites for hydroxylation is 2. The van der Waals surface area contributed by atoms with E-state index in [1.165, 1.54) is 12.1 Å². The highest BCUT2D eigenvalue weighted by atomic mass is 32.1. The molecule has 47 heavy (non-hydrogen) atoms. The molecular weight excluding hydrogens is 621 g/mol. The van der Waals surface area contributed by atoms with Crippen LogP contribution in [-0.4, -0.2) is 38.1 Å². The van der Waals surface area contributed by atoms with E-state index in [0.717, 1.165) is 28.4 Å². The molecule has 4 aromatic rings. The lowest BCUT2D eigenvalue weighted by molar-refractivity contribution is -0.138. The molecule has 1 heterocycles. The maximum absolute atomic E-state index is 14.0. The van der Waals surface area contributed by atoms with Gasteiger partial charge in [0, 0.05) is 43.3 Å². The van der Waals surface area contributed by atoms with E-state index < -0.39 is 17.8 Å². The van der Waals surface area contributed by atoms with Crippen molar-refractivity contribution in [2.45, 2.75) is 65.8 Å². The molecule has 0 aliphatic rings. The SMILES string of the molecule is Cc1ccc(NC(=S)N(Cc2ccccc2C(F)(F)F)C[C@H](CC(C)C)NC(=O)Cc2cncn2Cc2ccc(C#N)cc2)c(C)c1. The molecule has 0 bridgehead atoms. The molecule has 1 amide bonds.